The number of piperidine rings is 1. The van der Waals surface area contributed by atoms with Crippen LogP contribution in [0.25, 0.3) is 0 Å². The minimum atomic E-state index is -0.637. The maximum atomic E-state index is 14.0. The summed E-state index contributed by atoms with van der Waals surface area (Å²) in [5, 5.41) is 3.00. The van der Waals surface area contributed by atoms with Crippen LogP contribution in [0.1, 0.15) is 58.6 Å². The fourth-order valence-electron chi connectivity index (χ4n) is 5.61. The summed E-state index contributed by atoms with van der Waals surface area (Å²) >= 11 is 0. The molecule has 9 heteroatoms. The van der Waals surface area contributed by atoms with Gasteiger partial charge in [-0.1, -0.05) is 44.2 Å². The third-order valence-electron chi connectivity index (χ3n) is 7.48. The highest BCUT2D eigenvalue weighted by atomic mass is 16.5. The second-order valence-corrected chi connectivity index (χ2v) is 10.3. The number of amides is 4. The van der Waals surface area contributed by atoms with Gasteiger partial charge in [0, 0.05) is 19.6 Å². The monoisotopic (exact) mass is 510 g/mol. The molecule has 4 amide bonds. The van der Waals surface area contributed by atoms with E-state index in [1.54, 1.807) is 21.6 Å². The van der Waals surface area contributed by atoms with Crippen LogP contribution in [0.15, 0.2) is 41.6 Å². The molecule has 1 aromatic rings. The van der Waals surface area contributed by atoms with Gasteiger partial charge < -0.3 is 19.9 Å². The Morgan fingerprint density at radius 3 is 2.35 bits per heavy atom. The Kier molecular flexibility index (Phi) is 8.19. The number of urea groups is 1. The Hall–Kier alpha value is -3.36. The lowest BCUT2D eigenvalue weighted by Gasteiger charge is -2.37. The van der Waals surface area contributed by atoms with E-state index in [0.717, 1.165) is 5.56 Å². The van der Waals surface area contributed by atoms with E-state index in [1.165, 1.54) is 0 Å². The topological polar surface area (TPSA) is 99.3 Å². The zero-order valence-electron chi connectivity index (χ0n) is 22.2. The molecular formula is C28H38N4O5. The van der Waals surface area contributed by atoms with Crippen LogP contribution in [0.2, 0.25) is 0 Å². The number of nitrogens with zero attached hydrogens (tertiary/aromatic N) is 3. The van der Waals surface area contributed by atoms with Gasteiger partial charge in [0.15, 0.2) is 0 Å². The molecule has 0 saturated carbocycles. The zero-order valence-corrected chi connectivity index (χ0v) is 22.2. The second-order valence-electron chi connectivity index (χ2n) is 10.3. The van der Waals surface area contributed by atoms with Gasteiger partial charge in [-0.2, -0.15) is 0 Å². The summed E-state index contributed by atoms with van der Waals surface area (Å²) in [7, 11) is 0. The number of esters is 1. The van der Waals surface area contributed by atoms with Gasteiger partial charge in [-0.05, 0) is 44.6 Å². The van der Waals surface area contributed by atoms with E-state index in [-0.39, 0.29) is 42.2 Å². The Morgan fingerprint density at radius 2 is 1.76 bits per heavy atom. The first-order valence-corrected chi connectivity index (χ1v) is 13.4. The van der Waals surface area contributed by atoms with E-state index in [4.69, 9.17) is 4.74 Å². The lowest BCUT2D eigenvalue weighted by atomic mass is 9.94. The normalized spacial score (nSPS) is 21.3. The number of likely N-dealkylation sites (tertiary alicyclic amines) is 1. The number of carbonyl (C=O) groups is 4. The van der Waals surface area contributed by atoms with Crippen LogP contribution >= 0.6 is 0 Å². The molecule has 2 atom stereocenters. The van der Waals surface area contributed by atoms with Gasteiger partial charge in [0.05, 0.1) is 36.4 Å². The maximum absolute atomic E-state index is 14.0. The molecule has 1 fully saturated rings. The van der Waals surface area contributed by atoms with Crippen molar-refractivity contribution in [3.05, 3.63) is 47.2 Å². The highest BCUT2D eigenvalue weighted by Crippen LogP contribution is 2.38. The van der Waals surface area contributed by atoms with Crippen LogP contribution in [-0.4, -0.2) is 77.3 Å². The van der Waals surface area contributed by atoms with Crippen molar-refractivity contribution < 1.29 is 23.9 Å². The molecular weight excluding hydrogens is 472 g/mol. The fourth-order valence-corrected chi connectivity index (χ4v) is 5.61. The van der Waals surface area contributed by atoms with Gasteiger partial charge in [-0.3, -0.25) is 19.3 Å². The first-order valence-electron chi connectivity index (χ1n) is 13.4. The van der Waals surface area contributed by atoms with Crippen LogP contribution in [0.3, 0.4) is 0 Å². The number of likely N-dealkylation sites (N-methyl/N-ethyl adjacent to an activating group) is 1. The molecule has 1 saturated heterocycles. The van der Waals surface area contributed by atoms with Crippen molar-refractivity contribution in [2.24, 2.45) is 11.8 Å². The lowest BCUT2D eigenvalue weighted by Crippen LogP contribution is -2.52. The number of rotatable bonds is 8. The van der Waals surface area contributed by atoms with Gasteiger partial charge in [-0.25, -0.2) is 4.79 Å². The number of benzene rings is 1. The van der Waals surface area contributed by atoms with E-state index >= 15 is 0 Å². The molecule has 1 aromatic carbocycles. The SMILES string of the molecule is CCOC(=O)C1CCN(C(=O)[C@@H](CC(C)C)N2CC3=C(C2=O)[C@H](c2ccccc2)NC(=O)N3CC)CC1. The number of hydrogen-bond donors (Lipinski definition) is 1. The molecule has 1 N–H and O–H groups in total. The van der Waals surface area contributed by atoms with Crippen molar-refractivity contribution >= 4 is 23.8 Å². The molecule has 3 aliphatic heterocycles. The van der Waals surface area contributed by atoms with E-state index in [2.05, 4.69) is 5.32 Å². The molecule has 0 bridgehead atoms. The molecule has 9 nitrogen and oxygen atoms in total. The van der Waals surface area contributed by atoms with E-state index < -0.39 is 12.1 Å². The summed E-state index contributed by atoms with van der Waals surface area (Å²) in [6, 6.07) is 8.04. The van der Waals surface area contributed by atoms with Crippen molar-refractivity contribution in [1.82, 2.24) is 20.0 Å². The zero-order chi connectivity index (χ0) is 26.7. The summed E-state index contributed by atoms with van der Waals surface area (Å²) < 4.78 is 5.16. The molecule has 3 aliphatic rings. The molecule has 0 spiro atoms. The Labute approximate surface area is 218 Å². The number of nitrogens with one attached hydrogen (secondary N) is 1. The van der Waals surface area contributed by atoms with Crippen molar-refractivity contribution in [2.45, 2.75) is 59.0 Å². The third-order valence-corrected chi connectivity index (χ3v) is 7.48. The predicted octanol–water partition coefficient (Wildman–Crippen LogP) is 3.09. The van der Waals surface area contributed by atoms with Crippen LogP contribution in [0.5, 0.6) is 0 Å². The van der Waals surface area contributed by atoms with Crippen molar-refractivity contribution in [3.8, 4) is 0 Å². The maximum Gasteiger partial charge on any atom is 0.322 e. The summed E-state index contributed by atoms with van der Waals surface area (Å²) in [5.41, 5.74) is 2.05. The summed E-state index contributed by atoms with van der Waals surface area (Å²) in [6.45, 7) is 9.66. The lowest BCUT2D eigenvalue weighted by molar-refractivity contribution is -0.152. The van der Waals surface area contributed by atoms with Crippen LogP contribution < -0.4 is 5.32 Å². The molecule has 200 valence electrons. The Morgan fingerprint density at radius 1 is 1.08 bits per heavy atom. The molecule has 0 aromatic heterocycles. The molecule has 0 aliphatic carbocycles. The van der Waals surface area contributed by atoms with Crippen molar-refractivity contribution in [1.29, 1.82) is 0 Å². The minimum Gasteiger partial charge on any atom is -0.466 e. The van der Waals surface area contributed by atoms with E-state index in [9.17, 15) is 19.2 Å². The number of carbonyl (C=O) groups excluding carboxylic acids is 4. The molecule has 37 heavy (non-hydrogen) atoms. The van der Waals surface area contributed by atoms with Crippen LogP contribution in [0.4, 0.5) is 4.79 Å². The van der Waals surface area contributed by atoms with Gasteiger partial charge in [0.25, 0.3) is 5.91 Å². The Bertz CT molecular complexity index is 1060. The van der Waals surface area contributed by atoms with Crippen molar-refractivity contribution in [3.63, 3.8) is 0 Å². The first-order chi connectivity index (χ1) is 17.8. The van der Waals surface area contributed by atoms with Gasteiger partial charge in [0.2, 0.25) is 5.91 Å². The Balaban J connectivity index is 1.58. The third kappa shape index (κ3) is 5.36. The molecule has 0 unspecified atom stereocenters. The summed E-state index contributed by atoms with van der Waals surface area (Å²) in [4.78, 5) is 58.0. The van der Waals surface area contributed by atoms with Gasteiger partial charge >= 0.3 is 12.0 Å². The largest absolute Gasteiger partial charge is 0.466 e. The quantitative estimate of drug-likeness (QED) is 0.542. The minimum absolute atomic E-state index is 0.0946. The van der Waals surface area contributed by atoms with Crippen LogP contribution in [0, 0.1) is 11.8 Å². The first kappa shape index (κ1) is 26.7. The fraction of sp³-hybridized carbons (Fsp3) is 0.571. The number of ether oxygens (including phenoxy) is 1. The molecule has 3 heterocycles. The van der Waals surface area contributed by atoms with Crippen LogP contribution in [-0.2, 0) is 19.1 Å². The second kappa shape index (κ2) is 11.4. The van der Waals surface area contributed by atoms with Gasteiger partial charge in [-0.15, -0.1) is 0 Å². The van der Waals surface area contributed by atoms with Crippen molar-refractivity contribution in [2.75, 3.05) is 32.8 Å². The summed E-state index contributed by atoms with van der Waals surface area (Å²) in [5.74, 6) is -0.519. The average Bonchev–Trinajstić information content (AvgIpc) is 3.23. The van der Waals surface area contributed by atoms with E-state index in [0.29, 0.717) is 56.8 Å². The highest BCUT2D eigenvalue weighted by molar-refractivity contribution is 6.03. The van der Waals surface area contributed by atoms with E-state index in [1.807, 2.05) is 51.1 Å². The molecule has 0 radical (unpaired) electrons. The number of hydrogen-bond acceptors (Lipinski definition) is 5. The standard InChI is InChI=1S/C28H38N4O5/c1-5-31-22-17-32(26(34)23(22)24(29-28(31)36)19-10-8-7-9-11-19)21(16-18(3)4)25(33)30-14-12-20(13-15-30)27(35)37-6-2/h7-11,18,20-21,24H,5-6,12-17H2,1-4H3,(H,29,36)/t21-,24+/m1/s1. The highest BCUT2D eigenvalue weighted by Gasteiger charge is 2.47. The molecule has 4 rings (SSSR count). The smallest absolute Gasteiger partial charge is 0.322 e. The van der Waals surface area contributed by atoms with Gasteiger partial charge in [0.1, 0.15) is 6.04 Å². The average molecular weight is 511 g/mol. The summed E-state index contributed by atoms with van der Waals surface area (Å²) in [6.07, 6.45) is 1.63. The predicted molar refractivity (Wildman–Crippen MR) is 138 cm³/mol.